The summed E-state index contributed by atoms with van der Waals surface area (Å²) in [5, 5.41) is 0. The first-order chi connectivity index (χ1) is 12.6. The number of anilines is 1. The molecule has 0 unspecified atom stereocenters. The molecule has 1 aromatic heterocycles. The number of nitrogens with zero attached hydrogens (tertiary/aromatic N) is 2. The van der Waals surface area contributed by atoms with Crippen LogP contribution in [0.15, 0.2) is 36.5 Å². The van der Waals surface area contributed by atoms with E-state index in [1.165, 1.54) is 11.1 Å². The molecule has 0 aliphatic carbocycles. The van der Waals surface area contributed by atoms with Gasteiger partial charge in [0.2, 0.25) is 0 Å². The summed E-state index contributed by atoms with van der Waals surface area (Å²) in [5.74, 6) is 1.11. The van der Waals surface area contributed by atoms with Crippen LogP contribution in [0.4, 0.5) is 5.82 Å². The summed E-state index contributed by atoms with van der Waals surface area (Å²) >= 11 is 0. The van der Waals surface area contributed by atoms with Crippen LogP contribution < -0.4 is 15.4 Å². The Morgan fingerprint density at radius 3 is 2.85 bits per heavy atom. The molecule has 2 N–H and O–H groups in total. The molecule has 6 nitrogen and oxygen atoms in total. The molecule has 3 heterocycles. The van der Waals surface area contributed by atoms with Gasteiger partial charge in [-0.15, -0.1) is 0 Å². The number of methoxy groups -OCH3 is 1. The Morgan fingerprint density at radius 2 is 2.12 bits per heavy atom. The van der Waals surface area contributed by atoms with Crippen LogP contribution >= 0.6 is 0 Å². The molecule has 2 aliphatic rings. The fraction of sp³-hybridized carbons (Fsp3) is 0.400. The molecule has 0 bridgehead atoms. The molecule has 26 heavy (non-hydrogen) atoms. The van der Waals surface area contributed by atoms with Gasteiger partial charge in [-0.05, 0) is 54.7 Å². The molecule has 1 spiro atoms. The average molecular weight is 353 g/mol. The number of ether oxygens (including phenoxy) is 2. The minimum atomic E-state index is -0.445. The van der Waals surface area contributed by atoms with Gasteiger partial charge in [-0.1, -0.05) is 6.07 Å². The summed E-state index contributed by atoms with van der Waals surface area (Å²) < 4.78 is 11.7. The lowest BCUT2D eigenvalue weighted by Gasteiger charge is -2.45. The van der Waals surface area contributed by atoms with Crippen LogP contribution in [-0.2, 0) is 16.8 Å². The van der Waals surface area contributed by atoms with Crippen molar-refractivity contribution >= 4 is 11.7 Å². The van der Waals surface area contributed by atoms with Crippen LogP contribution in [0.5, 0.6) is 5.75 Å². The first-order valence-electron chi connectivity index (χ1n) is 8.94. The maximum absolute atomic E-state index is 11.7. The lowest BCUT2D eigenvalue weighted by Crippen LogP contribution is -2.47. The summed E-state index contributed by atoms with van der Waals surface area (Å²) in [6.07, 6.45) is 4.30. The molecule has 0 atom stereocenters. The van der Waals surface area contributed by atoms with E-state index in [0.717, 1.165) is 44.7 Å². The maximum Gasteiger partial charge on any atom is 0.252 e. The first-order valence-corrected chi connectivity index (χ1v) is 8.94. The molecule has 4 rings (SSSR count). The highest BCUT2D eigenvalue weighted by atomic mass is 16.5. The number of pyridine rings is 1. The fourth-order valence-electron chi connectivity index (χ4n) is 4.12. The number of piperidine rings is 1. The van der Waals surface area contributed by atoms with Crippen molar-refractivity contribution in [3.05, 3.63) is 53.2 Å². The summed E-state index contributed by atoms with van der Waals surface area (Å²) in [7, 11) is 1.69. The Labute approximate surface area is 152 Å². The number of fused-ring (bicyclic) bond motifs is 2. The van der Waals surface area contributed by atoms with E-state index >= 15 is 0 Å². The van der Waals surface area contributed by atoms with E-state index < -0.39 is 5.91 Å². The van der Waals surface area contributed by atoms with Crippen molar-refractivity contribution in [1.29, 1.82) is 0 Å². The summed E-state index contributed by atoms with van der Waals surface area (Å²) in [6, 6.07) is 9.73. The van der Waals surface area contributed by atoms with Crippen LogP contribution in [0.1, 0.15) is 34.3 Å². The molecule has 1 saturated heterocycles. The Hall–Kier alpha value is -2.60. The first kappa shape index (κ1) is 16.8. The summed E-state index contributed by atoms with van der Waals surface area (Å²) in [4.78, 5) is 18.2. The van der Waals surface area contributed by atoms with E-state index in [0.29, 0.717) is 11.4 Å². The minimum absolute atomic E-state index is 0.266. The second-order valence-electron chi connectivity index (χ2n) is 6.84. The zero-order valence-corrected chi connectivity index (χ0v) is 14.9. The number of hydrogen-bond donors (Lipinski definition) is 1. The average Bonchev–Trinajstić information content (AvgIpc) is 2.68. The number of benzene rings is 1. The lowest BCUT2D eigenvalue weighted by atomic mass is 9.79. The van der Waals surface area contributed by atoms with Crippen molar-refractivity contribution in [2.24, 2.45) is 5.73 Å². The molecule has 6 heteroatoms. The molecule has 0 radical (unpaired) electrons. The van der Waals surface area contributed by atoms with Gasteiger partial charge < -0.3 is 20.1 Å². The normalized spacial score (nSPS) is 18.4. The SMILES string of the molecule is COc1ccc2c(c1)CCOC21CCN(c2ncccc2C(N)=O)CC1. The van der Waals surface area contributed by atoms with E-state index in [-0.39, 0.29) is 5.60 Å². The highest BCUT2D eigenvalue weighted by Crippen LogP contribution is 2.43. The molecule has 0 saturated carbocycles. The highest BCUT2D eigenvalue weighted by Gasteiger charge is 2.41. The van der Waals surface area contributed by atoms with Gasteiger partial charge >= 0.3 is 0 Å². The topological polar surface area (TPSA) is 77.7 Å². The van der Waals surface area contributed by atoms with Gasteiger partial charge in [-0.3, -0.25) is 4.79 Å². The van der Waals surface area contributed by atoms with Gasteiger partial charge in [0.1, 0.15) is 11.6 Å². The number of carbonyl (C=O) groups excluding carboxylic acids is 1. The van der Waals surface area contributed by atoms with Gasteiger partial charge in [-0.25, -0.2) is 4.98 Å². The quantitative estimate of drug-likeness (QED) is 0.916. The zero-order valence-electron chi connectivity index (χ0n) is 14.9. The number of rotatable bonds is 3. The van der Waals surface area contributed by atoms with E-state index in [9.17, 15) is 4.79 Å². The number of nitrogens with two attached hydrogens (primary N) is 1. The smallest absolute Gasteiger partial charge is 0.252 e. The monoisotopic (exact) mass is 353 g/mol. The minimum Gasteiger partial charge on any atom is -0.497 e. The lowest BCUT2D eigenvalue weighted by molar-refractivity contribution is -0.0767. The number of primary amides is 1. The predicted octanol–water partition coefficient (Wildman–Crippen LogP) is 2.26. The number of hydrogen-bond acceptors (Lipinski definition) is 5. The third-order valence-electron chi connectivity index (χ3n) is 5.48. The Bertz CT molecular complexity index is 829. The second kappa shape index (κ2) is 6.61. The van der Waals surface area contributed by atoms with Gasteiger partial charge in [0.05, 0.1) is 24.9 Å². The maximum atomic E-state index is 11.7. The van der Waals surface area contributed by atoms with Gasteiger partial charge in [-0.2, -0.15) is 0 Å². The molecular weight excluding hydrogens is 330 g/mol. The van der Waals surface area contributed by atoms with Crippen molar-refractivity contribution in [2.45, 2.75) is 24.9 Å². The predicted molar refractivity (Wildman–Crippen MR) is 98.5 cm³/mol. The van der Waals surface area contributed by atoms with Crippen LogP contribution in [0, 0.1) is 0 Å². The largest absolute Gasteiger partial charge is 0.497 e. The number of aromatic nitrogens is 1. The molecule has 1 fully saturated rings. The number of carbonyl (C=O) groups is 1. The van der Waals surface area contributed by atoms with Crippen molar-refractivity contribution in [3.63, 3.8) is 0 Å². The van der Waals surface area contributed by atoms with Crippen molar-refractivity contribution < 1.29 is 14.3 Å². The molecule has 136 valence electrons. The van der Waals surface area contributed by atoms with E-state index in [4.69, 9.17) is 15.2 Å². The molecule has 1 aromatic carbocycles. The summed E-state index contributed by atoms with van der Waals surface area (Å²) in [6.45, 7) is 2.25. The van der Waals surface area contributed by atoms with E-state index in [2.05, 4.69) is 22.0 Å². The Balaban J connectivity index is 1.59. The Kier molecular flexibility index (Phi) is 4.28. The van der Waals surface area contributed by atoms with Gasteiger partial charge in [0.15, 0.2) is 0 Å². The van der Waals surface area contributed by atoms with Crippen LogP contribution in [0.3, 0.4) is 0 Å². The molecule has 2 aliphatic heterocycles. The van der Waals surface area contributed by atoms with Crippen LogP contribution in [0.2, 0.25) is 0 Å². The summed E-state index contributed by atoms with van der Waals surface area (Å²) in [5.41, 5.74) is 8.28. The second-order valence-corrected chi connectivity index (χ2v) is 6.84. The van der Waals surface area contributed by atoms with Gasteiger partial charge in [0.25, 0.3) is 5.91 Å². The van der Waals surface area contributed by atoms with Crippen LogP contribution in [-0.4, -0.2) is 37.7 Å². The molecular formula is C20H23N3O3. The highest BCUT2D eigenvalue weighted by molar-refractivity contribution is 5.97. The number of amides is 1. The third kappa shape index (κ3) is 2.80. The van der Waals surface area contributed by atoms with Crippen molar-refractivity contribution in [1.82, 2.24) is 4.98 Å². The fourth-order valence-corrected chi connectivity index (χ4v) is 4.12. The van der Waals surface area contributed by atoms with Gasteiger partial charge in [0, 0.05) is 19.3 Å². The van der Waals surface area contributed by atoms with Crippen molar-refractivity contribution in [3.8, 4) is 5.75 Å². The van der Waals surface area contributed by atoms with E-state index in [1.54, 1.807) is 25.4 Å². The van der Waals surface area contributed by atoms with E-state index in [1.807, 2.05) is 6.07 Å². The van der Waals surface area contributed by atoms with Crippen LogP contribution in [0.25, 0.3) is 0 Å². The molecule has 1 amide bonds. The zero-order chi connectivity index (χ0) is 18.1. The Morgan fingerprint density at radius 1 is 1.31 bits per heavy atom. The standard InChI is InChI=1S/C20H23N3O3/c1-25-15-4-5-17-14(13-15)6-12-26-20(17)7-10-23(11-8-20)19-16(18(21)24)3-2-9-22-19/h2-5,9,13H,6-8,10-12H2,1H3,(H2,21,24). The molecule has 2 aromatic rings. The third-order valence-corrected chi connectivity index (χ3v) is 5.48. The van der Waals surface area contributed by atoms with Crippen molar-refractivity contribution in [2.75, 3.05) is 31.7 Å².